The molecule has 2 N–H and O–H groups in total. The van der Waals surface area contributed by atoms with Crippen molar-refractivity contribution in [1.82, 2.24) is 30.4 Å². The fourth-order valence-corrected chi connectivity index (χ4v) is 3.92. The van der Waals surface area contributed by atoms with Crippen molar-refractivity contribution in [2.75, 3.05) is 0 Å². The Labute approximate surface area is 184 Å². The first-order valence-electron chi connectivity index (χ1n) is 8.35. The van der Waals surface area contributed by atoms with Crippen molar-refractivity contribution in [1.29, 1.82) is 0 Å². The minimum Gasteiger partial charge on any atom is -0.351 e. The minimum atomic E-state index is 0. The highest BCUT2D eigenvalue weighted by Crippen LogP contribution is 2.16. The molecule has 0 spiro atoms. The van der Waals surface area contributed by atoms with Gasteiger partial charge in [-0.3, -0.25) is 0 Å². The van der Waals surface area contributed by atoms with Crippen molar-refractivity contribution in [3.8, 4) is 0 Å². The van der Waals surface area contributed by atoms with Crippen LogP contribution in [0, 0.1) is 20.8 Å². The third-order valence-electron chi connectivity index (χ3n) is 3.99. The molecule has 10 heteroatoms. The van der Waals surface area contributed by atoms with Crippen molar-refractivity contribution >= 4 is 52.6 Å². The lowest BCUT2D eigenvalue weighted by Gasteiger charge is -2.11. The topological polar surface area (TPSA) is 80.0 Å². The van der Waals surface area contributed by atoms with Crippen LogP contribution in [0.1, 0.15) is 32.1 Å². The lowest BCUT2D eigenvalue weighted by molar-refractivity contribution is 0.753. The lowest BCUT2D eigenvalue weighted by atomic mass is 10.4. The average molecular weight is 517 g/mol. The molecule has 0 unspecified atom stereocenters. The number of rotatable bonds is 6. The second kappa shape index (κ2) is 10.1. The number of aryl methyl sites for hydroxylation is 3. The smallest absolute Gasteiger partial charge is 0.192 e. The molecule has 0 atom stereocenters. The Morgan fingerprint density at radius 3 is 2.56 bits per heavy atom. The molecule has 3 aromatic heterocycles. The van der Waals surface area contributed by atoms with Crippen molar-refractivity contribution in [3.63, 3.8) is 0 Å². The van der Waals surface area contributed by atoms with Crippen LogP contribution in [0.4, 0.5) is 0 Å². The van der Waals surface area contributed by atoms with Crippen LogP contribution in [-0.4, -0.2) is 25.7 Å². The summed E-state index contributed by atoms with van der Waals surface area (Å²) in [7, 11) is 1.95. The number of halogens is 1. The summed E-state index contributed by atoms with van der Waals surface area (Å²) in [4.78, 5) is 11.6. The number of hydrogen-bond acceptors (Lipinski definition) is 6. The molecule has 0 aliphatic carbocycles. The highest BCUT2D eigenvalue weighted by Gasteiger charge is 2.08. The van der Waals surface area contributed by atoms with E-state index in [1.54, 1.807) is 22.7 Å². The van der Waals surface area contributed by atoms with Gasteiger partial charge in [0.15, 0.2) is 11.8 Å². The summed E-state index contributed by atoms with van der Waals surface area (Å²) in [6.45, 7) is 7.91. The Morgan fingerprint density at radius 2 is 1.96 bits per heavy atom. The summed E-state index contributed by atoms with van der Waals surface area (Å²) in [6, 6.07) is 4.16. The number of nitrogens with zero attached hydrogens (tertiary/aromatic N) is 5. The number of aromatic nitrogens is 4. The molecule has 7 nitrogen and oxygen atoms in total. The maximum Gasteiger partial charge on any atom is 0.192 e. The van der Waals surface area contributed by atoms with Crippen molar-refractivity contribution in [2.45, 2.75) is 40.4 Å². The average Bonchev–Trinajstić information content (AvgIpc) is 3.31. The molecule has 146 valence electrons. The second-order valence-corrected chi connectivity index (χ2v) is 8.24. The van der Waals surface area contributed by atoms with Gasteiger partial charge in [-0.05, 0) is 32.2 Å². The summed E-state index contributed by atoms with van der Waals surface area (Å²) in [5.41, 5.74) is 1.07. The Balaban J connectivity index is 0.00000261. The van der Waals surface area contributed by atoms with E-state index in [0.717, 1.165) is 34.9 Å². The first kappa shape index (κ1) is 21.8. The highest BCUT2D eigenvalue weighted by molar-refractivity contribution is 14.0. The van der Waals surface area contributed by atoms with Gasteiger partial charge < -0.3 is 15.2 Å². The number of thiophene rings is 1. The summed E-state index contributed by atoms with van der Waals surface area (Å²) < 4.78 is 1.96. The molecule has 0 bridgehead atoms. The second-order valence-electron chi connectivity index (χ2n) is 5.92. The van der Waals surface area contributed by atoms with Gasteiger partial charge in [0.05, 0.1) is 23.8 Å². The summed E-state index contributed by atoms with van der Waals surface area (Å²) >= 11 is 3.44. The first-order valence-corrected chi connectivity index (χ1v) is 10.0. The van der Waals surface area contributed by atoms with Gasteiger partial charge >= 0.3 is 0 Å². The van der Waals surface area contributed by atoms with Crippen LogP contribution in [0.3, 0.4) is 0 Å². The number of hydrogen-bond donors (Lipinski definition) is 2. The van der Waals surface area contributed by atoms with E-state index in [9.17, 15) is 0 Å². The zero-order valence-corrected chi connectivity index (χ0v) is 19.8. The van der Waals surface area contributed by atoms with Crippen molar-refractivity contribution in [2.24, 2.45) is 12.0 Å². The van der Waals surface area contributed by atoms with Crippen LogP contribution in [-0.2, 0) is 26.7 Å². The molecule has 0 saturated carbocycles. The predicted molar refractivity (Wildman–Crippen MR) is 122 cm³/mol. The third-order valence-corrected chi connectivity index (χ3v) is 5.94. The maximum atomic E-state index is 4.68. The summed E-state index contributed by atoms with van der Waals surface area (Å²) in [5.74, 6) is 2.47. The molecule has 3 rings (SSSR count). The summed E-state index contributed by atoms with van der Waals surface area (Å²) in [6.07, 6.45) is 0. The first-order chi connectivity index (χ1) is 12.5. The molecule has 0 aliphatic rings. The van der Waals surface area contributed by atoms with Gasteiger partial charge in [0, 0.05) is 16.8 Å². The molecule has 3 heterocycles. The number of aliphatic imine (C=N–C) groups is 1. The summed E-state index contributed by atoms with van der Waals surface area (Å²) in [5, 5.41) is 18.2. The number of guanidine groups is 1. The predicted octanol–water partition coefficient (Wildman–Crippen LogP) is 3.31. The molecule has 27 heavy (non-hydrogen) atoms. The molecule has 0 fully saturated rings. The third kappa shape index (κ3) is 5.98. The maximum absolute atomic E-state index is 4.68. The van der Waals surface area contributed by atoms with Gasteiger partial charge in [0.2, 0.25) is 0 Å². The van der Waals surface area contributed by atoms with E-state index in [1.165, 1.54) is 9.75 Å². The Bertz CT molecular complexity index is 883. The number of nitrogens with one attached hydrogen (secondary N) is 2. The number of thiazole rings is 1. The molecule has 0 aromatic carbocycles. The molecule has 0 aliphatic heterocycles. The van der Waals surface area contributed by atoms with Crippen molar-refractivity contribution in [3.05, 3.63) is 49.6 Å². The minimum absolute atomic E-state index is 0. The van der Waals surface area contributed by atoms with E-state index in [4.69, 9.17) is 0 Å². The standard InChI is InChI=1S/C17H23N7S2.HI/c1-11-15(26-13(3)21-11)9-19-17(18-8-14-6-5-7-25-14)20-10-16-23-22-12(2)24(16)4;/h5-7H,8-10H2,1-4H3,(H2,18,19,20);1H. The van der Waals surface area contributed by atoms with E-state index in [-0.39, 0.29) is 24.0 Å². The van der Waals surface area contributed by atoms with E-state index >= 15 is 0 Å². The monoisotopic (exact) mass is 517 g/mol. The van der Waals surface area contributed by atoms with Gasteiger partial charge in [0.1, 0.15) is 12.4 Å². The van der Waals surface area contributed by atoms with E-state index < -0.39 is 0 Å². The Morgan fingerprint density at radius 1 is 1.19 bits per heavy atom. The van der Waals surface area contributed by atoms with Gasteiger partial charge in [-0.15, -0.1) is 56.8 Å². The van der Waals surface area contributed by atoms with E-state index in [1.807, 2.05) is 32.4 Å². The molecule has 0 radical (unpaired) electrons. The largest absolute Gasteiger partial charge is 0.351 e. The van der Waals surface area contributed by atoms with Crippen LogP contribution in [0.2, 0.25) is 0 Å². The van der Waals surface area contributed by atoms with Crippen LogP contribution in [0.15, 0.2) is 22.5 Å². The van der Waals surface area contributed by atoms with Crippen LogP contribution in [0.25, 0.3) is 0 Å². The fourth-order valence-electron chi connectivity index (χ4n) is 2.40. The van der Waals surface area contributed by atoms with Crippen LogP contribution < -0.4 is 10.6 Å². The van der Waals surface area contributed by atoms with Crippen LogP contribution >= 0.6 is 46.7 Å². The molecule has 0 amide bonds. The molecule has 0 saturated heterocycles. The van der Waals surface area contributed by atoms with E-state index in [2.05, 4.69) is 48.3 Å². The quantitative estimate of drug-likeness (QED) is 0.298. The van der Waals surface area contributed by atoms with Crippen LogP contribution in [0.5, 0.6) is 0 Å². The van der Waals surface area contributed by atoms with Gasteiger partial charge in [0.25, 0.3) is 0 Å². The molecule has 3 aromatic rings. The fraction of sp³-hybridized carbons (Fsp3) is 0.412. The molecular weight excluding hydrogens is 493 g/mol. The van der Waals surface area contributed by atoms with E-state index in [0.29, 0.717) is 13.1 Å². The lowest BCUT2D eigenvalue weighted by Crippen LogP contribution is -2.36. The highest BCUT2D eigenvalue weighted by atomic mass is 127. The zero-order chi connectivity index (χ0) is 18.5. The Hall–Kier alpha value is -1.53. The molecular formula is C17H24IN7S2. The van der Waals surface area contributed by atoms with Gasteiger partial charge in [-0.2, -0.15) is 0 Å². The van der Waals surface area contributed by atoms with Gasteiger partial charge in [-0.25, -0.2) is 9.98 Å². The zero-order valence-electron chi connectivity index (χ0n) is 15.8. The van der Waals surface area contributed by atoms with Crippen molar-refractivity contribution < 1.29 is 0 Å². The van der Waals surface area contributed by atoms with Gasteiger partial charge in [-0.1, -0.05) is 6.07 Å². The normalized spacial score (nSPS) is 11.3. The SMILES string of the molecule is Cc1nc(C)c(CNC(=NCc2nnc(C)n2C)NCc2cccs2)s1.I. The Kier molecular flexibility index (Phi) is 8.17.